The molecule has 0 aliphatic rings. The Morgan fingerprint density at radius 3 is 2.42 bits per heavy atom. The zero-order valence-corrected chi connectivity index (χ0v) is 8.86. The lowest BCUT2D eigenvalue weighted by atomic mass is 9.95. The number of unbranched alkanes of at least 4 members (excludes halogenated alkanes) is 2. The smallest absolute Gasteiger partial charge is 0.132 e. The van der Waals surface area contributed by atoms with Gasteiger partial charge in [-0.1, -0.05) is 26.2 Å². The first-order chi connectivity index (χ1) is 5.72. The molecule has 0 amide bonds. The number of hydrogen-bond acceptors (Lipinski definition) is 1. The number of carbonyl (C=O) groups excluding carboxylic acids is 1. The molecular weight excluding hydrogens is 172 g/mol. The monoisotopic (exact) mass is 190 g/mol. The highest BCUT2D eigenvalue weighted by Gasteiger charge is 2.12. The molecule has 1 unspecified atom stereocenters. The van der Waals surface area contributed by atoms with E-state index in [9.17, 15) is 4.79 Å². The molecule has 0 fully saturated rings. The quantitative estimate of drug-likeness (QED) is 0.444. The average molecular weight is 191 g/mol. The van der Waals surface area contributed by atoms with Crippen LogP contribution < -0.4 is 0 Å². The van der Waals surface area contributed by atoms with Crippen LogP contribution >= 0.6 is 11.6 Å². The molecule has 0 spiro atoms. The van der Waals surface area contributed by atoms with Crippen LogP contribution in [0.1, 0.15) is 46.0 Å². The number of hydrogen-bond donors (Lipinski definition) is 0. The second-order valence-electron chi connectivity index (χ2n) is 3.28. The third-order valence-electron chi connectivity index (χ3n) is 2.19. The maximum atomic E-state index is 11.1. The van der Waals surface area contributed by atoms with Gasteiger partial charge in [0.15, 0.2) is 0 Å². The molecule has 72 valence electrons. The van der Waals surface area contributed by atoms with Gasteiger partial charge in [-0.3, -0.25) is 4.79 Å². The zero-order valence-electron chi connectivity index (χ0n) is 8.11. The van der Waals surface area contributed by atoms with E-state index >= 15 is 0 Å². The van der Waals surface area contributed by atoms with Crippen LogP contribution in [0.5, 0.6) is 0 Å². The second-order valence-corrected chi connectivity index (χ2v) is 3.66. The summed E-state index contributed by atoms with van der Waals surface area (Å²) in [5, 5.41) is 0. The minimum atomic E-state index is 0.217. The molecule has 0 saturated heterocycles. The Bertz CT molecular complexity index is 123. The minimum Gasteiger partial charge on any atom is -0.300 e. The third-order valence-corrected chi connectivity index (χ3v) is 2.41. The van der Waals surface area contributed by atoms with Crippen molar-refractivity contribution in [2.45, 2.75) is 46.0 Å². The SMILES string of the molecule is CCCCCC(CCCl)C(C)=O. The van der Waals surface area contributed by atoms with Crippen LogP contribution in [0.3, 0.4) is 0 Å². The highest BCUT2D eigenvalue weighted by molar-refractivity contribution is 6.18. The Balaban J connectivity index is 3.56. The van der Waals surface area contributed by atoms with Crippen LogP contribution in [-0.4, -0.2) is 11.7 Å². The maximum Gasteiger partial charge on any atom is 0.132 e. The second kappa shape index (κ2) is 7.60. The first-order valence-electron chi connectivity index (χ1n) is 4.78. The van der Waals surface area contributed by atoms with Crippen LogP contribution in [0.15, 0.2) is 0 Å². The predicted octanol–water partition coefficient (Wildman–Crippen LogP) is 3.40. The maximum absolute atomic E-state index is 11.1. The van der Waals surface area contributed by atoms with Crippen LogP contribution in [0.25, 0.3) is 0 Å². The van der Waals surface area contributed by atoms with Gasteiger partial charge >= 0.3 is 0 Å². The summed E-state index contributed by atoms with van der Waals surface area (Å²) in [6, 6.07) is 0. The van der Waals surface area contributed by atoms with E-state index in [1.54, 1.807) is 6.92 Å². The molecular formula is C10H19ClO. The van der Waals surface area contributed by atoms with Gasteiger partial charge in [-0.05, 0) is 19.8 Å². The van der Waals surface area contributed by atoms with E-state index in [4.69, 9.17) is 11.6 Å². The molecule has 12 heavy (non-hydrogen) atoms. The van der Waals surface area contributed by atoms with Crippen molar-refractivity contribution in [3.63, 3.8) is 0 Å². The van der Waals surface area contributed by atoms with Gasteiger partial charge in [-0.15, -0.1) is 11.6 Å². The van der Waals surface area contributed by atoms with Crippen molar-refractivity contribution < 1.29 is 4.79 Å². The summed E-state index contributed by atoms with van der Waals surface area (Å²) >= 11 is 5.60. The Morgan fingerprint density at radius 2 is 2.00 bits per heavy atom. The largest absolute Gasteiger partial charge is 0.300 e. The molecule has 2 heteroatoms. The van der Waals surface area contributed by atoms with Gasteiger partial charge < -0.3 is 0 Å². The molecule has 0 aromatic rings. The fourth-order valence-electron chi connectivity index (χ4n) is 1.32. The van der Waals surface area contributed by atoms with Gasteiger partial charge in [-0.25, -0.2) is 0 Å². The number of Topliss-reactive ketones (excluding diaryl/α,β-unsaturated/α-hetero) is 1. The summed E-state index contributed by atoms with van der Waals surface area (Å²) in [4.78, 5) is 11.1. The van der Waals surface area contributed by atoms with Crippen molar-refractivity contribution in [2.75, 3.05) is 5.88 Å². The standard InChI is InChI=1S/C10H19ClO/c1-3-4-5-6-10(7-8-11)9(2)12/h10H,3-8H2,1-2H3. The molecule has 0 aromatic heterocycles. The van der Waals surface area contributed by atoms with Crippen molar-refractivity contribution in [2.24, 2.45) is 5.92 Å². The molecule has 0 aliphatic heterocycles. The molecule has 0 radical (unpaired) electrons. The Labute approximate surface area is 80.5 Å². The lowest BCUT2D eigenvalue weighted by Gasteiger charge is -2.10. The summed E-state index contributed by atoms with van der Waals surface area (Å²) in [5.41, 5.74) is 0. The van der Waals surface area contributed by atoms with Crippen molar-refractivity contribution in [1.29, 1.82) is 0 Å². The summed E-state index contributed by atoms with van der Waals surface area (Å²) in [7, 11) is 0. The van der Waals surface area contributed by atoms with Crippen LogP contribution in [0, 0.1) is 5.92 Å². The molecule has 0 heterocycles. The molecule has 0 aromatic carbocycles. The van der Waals surface area contributed by atoms with Gasteiger partial charge in [-0.2, -0.15) is 0 Å². The minimum absolute atomic E-state index is 0.217. The number of halogens is 1. The fourth-order valence-corrected chi connectivity index (χ4v) is 1.59. The molecule has 0 bridgehead atoms. The molecule has 0 N–H and O–H groups in total. The topological polar surface area (TPSA) is 17.1 Å². The lowest BCUT2D eigenvalue weighted by Crippen LogP contribution is -2.11. The Morgan fingerprint density at radius 1 is 1.33 bits per heavy atom. The van der Waals surface area contributed by atoms with Gasteiger partial charge in [0.05, 0.1) is 0 Å². The van der Waals surface area contributed by atoms with Gasteiger partial charge in [0.1, 0.15) is 5.78 Å². The van der Waals surface area contributed by atoms with Crippen molar-refractivity contribution in [1.82, 2.24) is 0 Å². The third kappa shape index (κ3) is 5.59. The highest BCUT2D eigenvalue weighted by Crippen LogP contribution is 2.15. The lowest BCUT2D eigenvalue weighted by molar-refractivity contribution is -0.121. The highest BCUT2D eigenvalue weighted by atomic mass is 35.5. The van der Waals surface area contributed by atoms with Crippen molar-refractivity contribution in [3.8, 4) is 0 Å². The molecule has 0 aliphatic carbocycles. The van der Waals surface area contributed by atoms with E-state index in [1.165, 1.54) is 12.8 Å². The number of carbonyl (C=O) groups is 1. The van der Waals surface area contributed by atoms with E-state index in [1.807, 2.05) is 0 Å². The molecule has 1 atom stereocenters. The van der Waals surface area contributed by atoms with Crippen molar-refractivity contribution >= 4 is 17.4 Å². The van der Waals surface area contributed by atoms with E-state index in [0.717, 1.165) is 19.3 Å². The fraction of sp³-hybridized carbons (Fsp3) is 0.900. The van der Waals surface area contributed by atoms with E-state index in [0.29, 0.717) is 11.7 Å². The first-order valence-corrected chi connectivity index (χ1v) is 5.32. The van der Waals surface area contributed by atoms with Crippen LogP contribution in [0.2, 0.25) is 0 Å². The number of rotatable bonds is 7. The Hall–Kier alpha value is -0.0400. The van der Waals surface area contributed by atoms with Crippen LogP contribution in [0.4, 0.5) is 0 Å². The van der Waals surface area contributed by atoms with E-state index < -0.39 is 0 Å². The summed E-state index contributed by atoms with van der Waals surface area (Å²) in [6.45, 7) is 3.84. The van der Waals surface area contributed by atoms with E-state index in [-0.39, 0.29) is 5.92 Å². The summed E-state index contributed by atoms with van der Waals surface area (Å²) in [6.07, 6.45) is 5.48. The first kappa shape index (κ1) is 12.0. The number of ketones is 1. The molecule has 0 saturated carbocycles. The summed E-state index contributed by atoms with van der Waals surface area (Å²) < 4.78 is 0. The van der Waals surface area contributed by atoms with Gasteiger partial charge in [0.2, 0.25) is 0 Å². The predicted molar refractivity (Wildman–Crippen MR) is 53.7 cm³/mol. The average Bonchev–Trinajstić information content (AvgIpc) is 2.03. The number of alkyl halides is 1. The molecule has 1 nitrogen and oxygen atoms in total. The Kier molecular flexibility index (Phi) is 7.58. The molecule has 0 rings (SSSR count). The van der Waals surface area contributed by atoms with Crippen molar-refractivity contribution in [3.05, 3.63) is 0 Å². The van der Waals surface area contributed by atoms with Gasteiger partial charge in [0.25, 0.3) is 0 Å². The van der Waals surface area contributed by atoms with Gasteiger partial charge in [0, 0.05) is 11.8 Å². The normalized spacial score (nSPS) is 12.9. The summed E-state index contributed by atoms with van der Waals surface area (Å²) in [5.74, 6) is 1.12. The van der Waals surface area contributed by atoms with Crippen LogP contribution in [-0.2, 0) is 4.79 Å². The zero-order chi connectivity index (χ0) is 9.40. The van der Waals surface area contributed by atoms with E-state index in [2.05, 4.69) is 6.92 Å².